The molecule has 1 aromatic carbocycles. The lowest BCUT2D eigenvalue weighted by Gasteiger charge is -2.18. The van der Waals surface area contributed by atoms with E-state index in [4.69, 9.17) is 0 Å². The van der Waals surface area contributed by atoms with Gasteiger partial charge in [0.2, 0.25) is 11.8 Å². The highest BCUT2D eigenvalue weighted by atomic mass is 19.1. The van der Waals surface area contributed by atoms with Crippen LogP contribution in [-0.2, 0) is 9.59 Å². The minimum atomic E-state index is -0.763. The van der Waals surface area contributed by atoms with Gasteiger partial charge in [-0.3, -0.25) is 14.6 Å². The third-order valence-corrected chi connectivity index (χ3v) is 4.20. The maximum Gasteiger partial charge on any atom is 0.227 e. The van der Waals surface area contributed by atoms with Crippen LogP contribution in [0.25, 0.3) is 0 Å². The highest BCUT2D eigenvalue weighted by Crippen LogP contribution is 2.27. The molecule has 7 heteroatoms. The van der Waals surface area contributed by atoms with Crippen LogP contribution in [0.4, 0.5) is 14.5 Å². The van der Waals surface area contributed by atoms with Gasteiger partial charge in [0.15, 0.2) is 0 Å². The van der Waals surface area contributed by atoms with Crippen LogP contribution in [-0.4, -0.2) is 23.3 Å². The molecular formula is C18H17F2N3O2. The molecule has 0 aliphatic carbocycles. The van der Waals surface area contributed by atoms with Crippen LogP contribution in [0.3, 0.4) is 0 Å². The van der Waals surface area contributed by atoms with Crippen molar-refractivity contribution in [1.29, 1.82) is 0 Å². The Bertz CT molecular complexity index is 778. The van der Waals surface area contributed by atoms with Crippen LogP contribution >= 0.6 is 0 Å². The molecule has 2 aromatic rings. The number of hydrogen-bond donors (Lipinski definition) is 1. The van der Waals surface area contributed by atoms with E-state index in [1.54, 1.807) is 18.5 Å². The van der Waals surface area contributed by atoms with Crippen molar-refractivity contribution in [3.05, 3.63) is 59.9 Å². The van der Waals surface area contributed by atoms with Crippen LogP contribution in [0.1, 0.15) is 24.9 Å². The number of nitrogens with one attached hydrogen (secondary N) is 1. The number of nitrogens with zero attached hydrogens (tertiary/aromatic N) is 2. The van der Waals surface area contributed by atoms with Gasteiger partial charge >= 0.3 is 0 Å². The molecule has 1 aliphatic heterocycles. The highest BCUT2D eigenvalue weighted by molar-refractivity contribution is 6.00. The molecule has 0 unspecified atom stereocenters. The Morgan fingerprint density at radius 3 is 2.68 bits per heavy atom. The molecule has 2 atom stereocenters. The zero-order valence-corrected chi connectivity index (χ0v) is 13.6. The van der Waals surface area contributed by atoms with E-state index in [0.717, 1.165) is 23.8 Å². The number of halogens is 2. The number of pyridine rings is 1. The van der Waals surface area contributed by atoms with Crippen LogP contribution < -0.4 is 10.2 Å². The summed E-state index contributed by atoms with van der Waals surface area (Å²) in [4.78, 5) is 29.8. The molecule has 0 spiro atoms. The Morgan fingerprint density at radius 2 is 2.04 bits per heavy atom. The summed E-state index contributed by atoms with van der Waals surface area (Å²) in [6, 6.07) is 6.27. The van der Waals surface area contributed by atoms with E-state index in [9.17, 15) is 18.4 Å². The molecule has 0 radical (unpaired) electrons. The summed E-state index contributed by atoms with van der Waals surface area (Å²) in [7, 11) is 0. The smallest absolute Gasteiger partial charge is 0.227 e. The predicted molar refractivity (Wildman–Crippen MR) is 87.6 cm³/mol. The molecule has 1 fully saturated rings. The van der Waals surface area contributed by atoms with Gasteiger partial charge in [-0.05, 0) is 30.7 Å². The second-order valence-electron chi connectivity index (χ2n) is 6.05. The summed E-state index contributed by atoms with van der Waals surface area (Å²) in [5, 5.41) is 2.85. The molecule has 2 amide bonds. The summed E-state index contributed by atoms with van der Waals surface area (Å²) < 4.78 is 26.7. The van der Waals surface area contributed by atoms with Gasteiger partial charge in [0.1, 0.15) is 11.6 Å². The van der Waals surface area contributed by atoms with Gasteiger partial charge in [-0.15, -0.1) is 0 Å². The standard InChI is InChI=1S/C18H17F2N3O2/c1-11(12-3-2-4-21-9-12)22-18(25)13-5-17(24)23(10-13)16-7-14(19)6-15(20)8-16/h2-4,6-9,11,13H,5,10H2,1H3,(H,22,25)/t11-,13+/m1/s1. The number of carbonyl (C=O) groups is 2. The van der Waals surface area contributed by atoms with Gasteiger partial charge in [0.25, 0.3) is 0 Å². The van der Waals surface area contributed by atoms with Crippen molar-refractivity contribution in [2.24, 2.45) is 5.92 Å². The number of rotatable bonds is 4. The molecule has 0 saturated carbocycles. The number of aromatic nitrogens is 1. The van der Waals surface area contributed by atoms with Crippen molar-refractivity contribution >= 4 is 17.5 Å². The molecule has 130 valence electrons. The quantitative estimate of drug-likeness (QED) is 0.926. The monoisotopic (exact) mass is 345 g/mol. The summed E-state index contributed by atoms with van der Waals surface area (Å²) >= 11 is 0. The fraction of sp³-hybridized carbons (Fsp3) is 0.278. The number of benzene rings is 1. The van der Waals surface area contributed by atoms with Crippen LogP contribution in [0.2, 0.25) is 0 Å². The zero-order valence-electron chi connectivity index (χ0n) is 13.6. The third kappa shape index (κ3) is 3.81. The maximum absolute atomic E-state index is 13.4. The molecule has 0 bridgehead atoms. The van der Waals surface area contributed by atoms with E-state index < -0.39 is 17.6 Å². The van der Waals surface area contributed by atoms with E-state index in [0.29, 0.717) is 0 Å². The molecule has 1 saturated heterocycles. The van der Waals surface area contributed by atoms with Crippen LogP contribution in [0, 0.1) is 17.6 Å². The van der Waals surface area contributed by atoms with Crippen LogP contribution in [0.15, 0.2) is 42.7 Å². The summed E-state index contributed by atoms with van der Waals surface area (Å²) in [5.74, 6) is -2.71. The van der Waals surface area contributed by atoms with Gasteiger partial charge < -0.3 is 10.2 Å². The minimum Gasteiger partial charge on any atom is -0.349 e. The molecule has 1 N–H and O–H groups in total. The second kappa shape index (κ2) is 6.96. The molecule has 2 heterocycles. The largest absolute Gasteiger partial charge is 0.349 e. The number of hydrogen-bond acceptors (Lipinski definition) is 3. The number of carbonyl (C=O) groups excluding carboxylic acids is 2. The van der Waals surface area contributed by atoms with Crippen molar-refractivity contribution in [3.63, 3.8) is 0 Å². The first-order valence-corrected chi connectivity index (χ1v) is 7.91. The first kappa shape index (κ1) is 17.0. The molecule has 3 rings (SSSR count). The average molecular weight is 345 g/mol. The Morgan fingerprint density at radius 1 is 1.32 bits per heavy atom. The summed E-state index contributed by atoms with van der Waals surface area (Å²) in [6.45, 7) is 1.92. The summed E-state index contributed by atoms with van der Waals surface area (Å²) in [6.07, 6.45) is 3.31. The lowest BCUT2D eigenvalue weighted by atomic mass is 10.1. The topological polar surface area (TPSA) is 62.3 Å². The first-order chi connectivity index (χ1) is 11.9. The van der Waals surface area contributed by atoms with E-state index in [1.165, 1.54) is 4.90 Å². The predicted octanol–water partition coefficient (Wildman–Crippen LogP) is 2.59. The van der Waals surface area contributed by atoms with Gasteiger partial charge in [0, 0.05) is 37.1 Å². The second-order valence-corrected chi connectivity index (χ2v) is 6.05. The van der Waals surface area contributed by atoms with E-state index in [-0.39, 0.29) is 36.5 Å². The van der Waals surface area contributed by atoms with Crippen molar-refractivity contribution in [2.45, 2.75) is 19.4 Å². The van der Waals surface area contributed by atoms with Gasteiger partial charge in [-0.1, -0.05) is 6.07 Å². The van der Waals surface area contributed by atoms with E-state index >= 15 is 0 Å². The van der Waals surface area contributed by atoms with Gasteiger partial charge in [0.05, 0.1) is 12.0 Å². The van der Waals surface area contributed by atoms with Crippen molar-refractivity contribution in [1.82, 2.24) is 10.3 Å². The maximum atomic E-state index is 13.4. The first-order valence-electron chi connectivity index (χ1n) is 7.91. The summed E-state index contributed by atoms with van der Waals surface area (Å²) in [5.41, 5.74) is 0.974. The molecule has 25 heavy (non-hydrogen) atoms. The fourth-order valence-electron chi connectivity index (χ4n) is 2.87. The fourth-order valence-corrected chi connectivity index (χ4v) is 2.87. The highest BCUT2D eigenvalue weighted by Gasteiger charge is 2.35. The minimum absolute atomic E-state index is 0.00370. The molecule has 1 aromatic heterocycles. The number of anilines is 1. The van der Waals surface area contributed by atoms with E-state index in [2.05, 4.69) is 10.3 Å². The Balaban J connectivity index is 1.68. The SMILES string of the molecule is C[C@@H](NC(=O)[C@H]1CC(=O)N(c2cc(F)cc(F)c2)C1)c1cccnc1. The Hall–Kier alpha value is -2.83. The number of amides is 2. The van der Waals surface area contributed by atoms with Crippen molar-refractivity contribution in [2.75, 3.05) is 11.4 Å². The normalized spacial score (nSPS) is 18.3. The lowest BCUT2D eigenvalue weighted by molar-refractivity contribution is -0.126. The molecular weight excluding hydrogens is 328 g/mol. The van der Waals surface area contributed by atoms with Gasteiger partial charge in [-0.25, -0.2) is 8.78 Å². The van der Waals surface area contributed by atoms with Crippen LogP contribution in [0.5, 0.6) is 0 Å². The molecule has 1 aliphatic rings. The van der Waals surface area contributed by atoms with Gasteiger partial charge in [-0.2, -0.15) is 0 Å². The van der Waals surface area contributed by atoms with Crippen molar-refractivity contribution < 1.29 is 18.4 Å². The average Bonchev–Trinajstić information content (AvgIpc) is 2.97. The molecule has 5 nitrogen and oxygen atoms in total. The Labute approximate surface area is 143 Å². The third-order valence-electron chi connectivity index (χ3n) is 4.20. The lowest BCUT2D eigenvalue weighted by Crippen LogP contribution is -2.34. The van der Waals surface area contributed by atoms with Crippen molar-refractivity contribution in [3.8, 4) is 0 Å². The zero-order chi connectivity index (χ0) is 18.0. The Kier molecular flexibility index (Phi) is 4.74. The van der Waals surface area contributed by atoms with E-state index in [1.807, 2.05) is 13.0 Å².